The zero-order valence-corrected chi connectivity index (χ0v) is 15.5. The number of aryl methyl sites for hydroxylation is 2. The second-order valence-corrected chi connectivity index (χ2v) is 7.34. The highest BCUT2D eigenvalue weighted by Crippen LogP contribution is 2.15. The summed E-state index contributed by atoms with van der Waals surface area (Å²) in [7, 11) is 0. The van der Waals surface area contributed by atoms with Crippen LogP contribution in [0.2, 0.25) is 0 Å². The Labute approximate surface area is 160 Å². The minimum Gasteiger partial charge on any atom is -0.347 e. The lowest BCUT2D eigenvalue weighted by molar-refractivity contribution is 0.0951. The molecule has 2 N–H and O–H groups in total. The summed E-state index contributed by atoms with van der Waals surface area (Å²) in [6, 6.07) is 19.3. The summed E-state index contributed by atoms with van der Waals surface area (Å²) in [5.41, 5.74) is 3.05. The number of fused-ring (bicyclic) bond motifs is 1. The van der Waals surface area contributed by atoms with E-state index in [1.54, 1.807) is 28.0 Å². The maximum atomic E-state index is 12.4. The average molecular weight is 377 g/mol. The van der Waals surface area contributed by atoms with Crippen molar-refractivity contribution in [2.45, 2.75) is 19.5 Å². The second kappa shape index (κ2) is 7.63. The number of nitrogens with one attached hydrogen (secondary N) is 2. The van der Waals surface area contributed by atoms with Gasteiger partial charge in [0.15, 0.2) is 0 Å². The van der Waals surface area contributed by atoms with E-state index in [1.807, 2.05) is 41.8 Å². The first kappa shape index (κ1) is 17.3. The molecule has 0 aliphatic heterocycles. The van der Waals surface area contributed by atoms with Gasteiger partial charge >= 0.3 is 5.69 Å². The number of amides is 1. The lowest BCUT2D eigenvalue weighted by Crippen LogP contribution is -2.22. The molecule has 0 saturated heterocycles. The molecule has 2 aromatic heterocycles. The quantitative estimate of drug-likeness (QED) is 0.539. The molecule has 5 nitrogen and oxygen atoms in total. The number of nitrogens with zero attached hydrogens (tertiary/aromatic N) is 1. The van der Waals surface area contributed by atoms with Crippen LogP contribution < -0.4 is 11.0 Å². The van der Waals surface area contributed by atoms with Crippen LogP contribution in [0.5, 0.6) is 0 Å². The number of carbonyl (C=O) groups is 1. The van der Waals surface area contributed by atoms with Crippen LogP contribution in [0.15, 0.2) is 70.8 Å². The molecular formula is C21H19N3O2S. The Morgan fingerprint density at radius 1 is 1.07 bits per heavy atom. The van der Waals surface area contributed by atoms with Crippen LogP contribution in [0.25, 0.3) is 11.0 Å². The topological polar surface area (TPSA) is 66.9 Å². The molecule has 136 valence electrons. The van der Waals surface area contributed by atoms with E-state index >= 15 is 0 Å². The van der Waals surface area contributed by atoms with Gasteiger partial charge in [0.2, 0.25) is 0 Å². The average Bonchev–Trinajstić information content (AvgIpc) is 3.32. The summed E-state index contributed by atoms with van der Waals surface area (Å²) in [5.74, 6) is -0.150. The van der Waals surface area contributed by atoms with E-state index in [-0.39, 0.29) is 11.6 Å². The zero-order valence-electron chi connectivity index (χ0n) is 14.6. The van der Waals surface area contributed by atoms with E-state index in [0.29, 0.717) is 24.2 Å². The summed E-state index contributed by atoms with van der Waals surface area (Å²) < 4.78 is 1.72. The number of hydrogen-bond acceptors (Lipinski definition) is 3. The van der Waals surface area contributed by atoms with Crippen molar-refractivity contribution in [3.63, 3.8) is 0 Å². The zero-order chi connectivity index (χ0) is 18.6. The highest BCUT2D eigenvalue weighted by atomic mass is 32.1. The van der Waals surface area contributed by atoms with Gasteiger partial charge in [0.05, 0.1) is 17.6 Å². The van der Waals surface area contributed by atoms with Gasteiger partial charge in [-0.25, -0.2) is 4.79 Å². The fourth-order valence-corrected chi connectivity index (χ4v) is 3.74. The van der Waals surface area contributed by atoms with Crippen molar-refractivity contribution < 1.29 is 4.79 Å². The minimum atomic E-state index is -0.155. The molecule has 0 unspecified atom stereocenters. The molecule has 2 aromatic carbocycles. The molecule has 0 atom stereocenters. The van der Waals surface area contributed by atoms with Crippen LogP contribution in [0.1, 0.15) is 20.8 Å². The van der Waals surface area contributed by atoms with Crippen LogP contribution in [-0.4, -0.2) is 15.5 Å². The molecule has 0 radical (unpaired) electrons. The van der Waals surface area contributed by atoms with E-state index in [1.165, 1.54) is 5.56 Å². The number of imidazole rings is 1. The second-order valence-electron chi connectivity index (χ2n) is 6.31. The third-order valence-corrected chi connectivity index (χ3v) is 5.38. The van der Waals surface area contributed by atoms with Gasteiger partial charge < -0.3 is 10.3 Å². The molecule has 4 rings (SSSR count). The Bertz CT molecular complexity index is 1110. The summed E-state index contributed by atoms with van der Waals surface area (Å²) in [4.78, 5) is 28.7. The minimum absolute atomic E-state index is 0.150. The number of aromatic amines is 1. The van der Waals surface area contributed by atoms with Crippen molar-refractivity contribution in [2.75, 3.05) is 0 Å². The van der Waals surface area contributed by atoms with E-state index < -0.39 is 0 Å². The standard InChI is InChI=1S/C21H19N3O2S/c25-20(22-14-17-7-4-12-27-17)16-8-9-19-18(13-16)23-21(26)24(19)11-10-15-5-2-1-3-6-15/h1-9,12-13H,10-11,14H2,(H,22,25)(H,23,26). The van der Waals surface area contributed by atoms with Crippen LogP contribution >= 0.6 is 11.3 Å². The van der Waals surface area contributed by atoms with Crippen LogP contribution in [0, 0.1) is 0 Å². The van der Waals surface area contributed by atoms with Crippen molar-refractivity contribution in [1.29, 1.82) is 0 Å². The maximum absolute atomic E-state index is 12.4. The summed E-state index contributed by atoms with van der Waals surface area (Å²) >= 11 is 1.61. The molecule has 0 saturated carbocycles. The molecule has 1 amide bonds. The molecule has 0 aliphatic rings. The van der Waals surface area contributed by atoms with E-state index in [0.717, 1.165) is 16.8 Å². The van der Waals surface area contributed by atoms with Crippen molar-refractivity contribution in [3.8, 4) is 0 Å². The number of thiophene rings is 1. The summed E-state index contributed by atoms with van der Waals surface area (Å²) in [6.07, 6.45) is 0.775. The summed E-state index contributed by atoms with van der Waals surface area (Å²) in [6.45, 7) is 1.09. The van der Waals surface area contributed by atoms with Gasteiger partial charge in [-0.2, -0.15) is 0 Å². The lowest BCUT2D eigenvalue weighted by atomic mass is 10.1. The Morgan fingerprint density at radius 3 is 2.70 bits per heavy atom. The van der Waals surface area contributed by atoms with E-state index in [9.17, 15) is 9.59 Å². The van der Waals surface area contributed by atoms with Crippen molar-refractivity contribution >= 4 is 28.3 Å². The Hall–Kier alpha value is -3.12. The Balaban J connectivity index is 1.51. The van der Waals surface area contributed by atoms with Gasteiger partial charge in [-0.15, -0.1) is 11.3 Å². The third-order valence-electron chi connectivity index (χ3n) is 4.51. The molecule has 0 bridgehead atoms. The van der Waals surface area contributed by atoms with E-state index in [2.05, 4.69) is 22.4 Å². The normalized spacial score (nSPS) is 11.0. The Morgan fingerprint density at radius 2 is 1.93 bits per heavy atom. The number of rotatable bonds is 6. The van der Waals surface area contributed by atoms with Crippen LogP contribution in [0.4, 0.5) is 0 Å². The van der Waals surface area contributed by atoms with Crippen LogP contribution in [-0.2, 0) is 19.5 Å². The lowest BCUT2D eigenvalue weighted by Gasteiger charge is -2.06. The molecule has 4 aromatic rings. The highest BCUT2D eigenvalue weighted by molar-refractivity contribution is 7.09. The molecule has 0 fully saturated rings. The summed E-state index contributed by atoms with van der Waals surface area (Å²) in [5, 5.41) is 4.89. The van der Waals surface area contributed by atoms with Gasteiger partial charge in [-0.3, -0.25) is 9.36 Å². The van der Waals surface area contributed by atoms with Gasteiger partial charge in [-0.05, 0) is 41.6 Å². The van der Waals surface area contributed by atoms with Crippen molar-refractivity contribution in [2.24, 2.45) is 0 Å². The predicted molar refractivity (Wildman–Crippen MR) is 108 cm³/mol. The van der Waals surface area contributed by atoms with Crippen molar-refractivity contribution in [1.82, 2.24) is 14.9 Å². The molecule has 0 spiro atoms. The molecule has 2 heterocycles. The number of H-pyrrole nitrogens is 1. The number of carbonyl (C=O) groups excluding carboxylic acids is 1. The monoisotopic (exact) mass is 377 g/mol. The van der Waals surface area contributed by atoms with Gasteiger partial charge in [0.1, 0.15) is 0 Å². The SMILES string of the molecule is O=C(NCc1cccs1)c1ccc2c(c1)[nH]c(=O)n2CCc1ccccc1. The predicted octanol–water partition coefficient (Wildman–Crippen LogP) is 3.56. The van der Waals surface area contributed by atoms with Gasteiger partial charge in [-0.1, -0.05) is 36.4 Å². The smallest absolute Gasteiger partial charge is 0.326 e. The fourth-order valence-electron chi connectivity index (χ4n) is 3.10. The fraction of sp³-hybridized carbons (Fsp3) is 0.143. The van der Waals surface area contributed by atoms with Gasteiger partial charge in [0, 0.05) is 17.0 Å². The molecule has 0 aliphatic carbocycles. The number of benzene rings is 2. The first-order valence-electron chi connectivity index (χ1n) is 8.78. The number of hydrogen-bond donors (Lipinski definition) is 2. The number of aromatic nitrogens is 2. The van der Waals surface area contributed by atoms with Gasteiger partial charge in [0.25, 0.3) is 5.91 Å². The van der Waals surface area contributed by atoms with Crippen LogP contribution in [0.3, 0.4) is 0 Å². The molecular weight excluding hydrogens is 358 g/mol. The first-order valence-corrected chi connectivity index (χ1v) is 9.66. The maximum Gasteiger partial charge on any atom is 0.326 e. The third kappa shape index (κ3) is 3.85. The first-order chi connectivity index (χ1) is 13.2. The highest BCUT2D eigenvalue weighted by Gasteiger charge is 2.11. The van der Waals surface area contributed by atoms with E-state index in [4.69, 9.17) is 0 Å². The Kier molecular flexibility index (Phi) is 4.89. The molecule has 27 heavy (non-hydrogen) atoms. The molecule has 6 heteroatoms. The largest absolute Gasteiger partial charge is 0.347 e. The van der Waals surface area contributed by atoms with Crippen molar-refractivity contribution in [3.05, 3.63) is 92.5 Å².